The summed E-state index contributed by atoms with van der Waals surface area (Å²) in [7, 11) is 0. The van der Waals surface area contributed by atoms with Gasteiger partial charge in [0.1, 0.15) is 5.65 Å². The van der Waals surface area contributed by atoms with Crippen LogP contribution in [-0.4, -0.2) is 67.5 Å². The van der Waals surface area contributed by atoms with Gasteiger partial charge in [-0.15, -0.1) is 0 Å². The number of benzene rings is 1. The van der Waals surface area contributed by atoms with Crippen LogP contribution in [0.1, 0.15) is 16.8 Å². The van der Waals surface area contributed by atoms with Gasteiger partial charge in [-0.25, -0.2) is 23.5 Å². The molecule has 38 heavy (non-hydrogen) atoms. The summed E-state index contributed by atoms with van der Waals surface area (Å²) in [5.74, 6) is -6.19. The zero-order valence-corrected chi connectivity index (χ0v) is 20.0. The van der Waals surface area contributed by atoms with E-state index < -0.39 is 30.6 Å². The van der Waals surface area contributed by atoms with Gasteiger partial charge in [-0.2, -0.15) is 13.2 Å². The van der Waals surface area contributed by atoms with E-state index in [1.807, 2.05) is 6.07 Å². The van der Waals surface area contributed by atoms with Crippen LogP contribution in [0.5, 0.6) is 5.88 Å². The zero-order valence-electron chi connectivity index (χ0n) is 19.2. The Bertz CT molecular complexity index is 1490. The standard InChI is InChI=1S/C22H17ClF2N4O2.C2HF3O2/c23-16-5-1-3-14-6-7-18(27-19(14)16)31-17-13-29(11-8-22(17,24)25)21(30)15-4-2-10-28-12-9-26-20(15)28;3-2(4,5)1(6)7/h1-7,9-10,12,17H,8,11,13H2;(H,6,7)/t17-;/m0./s1. The van der Waals surface area contributed by atoms with Crippen LogP contribution in [0.2, 0.25) is 5.02 Å². The molecule has 4 aromatic rings. The minimum Gasteiger partial charge on any atom is -0.475 e. The predicted molar refractivity (Wildman–Crippen MR) is 126 cm³/mol. The quantitative estimate of drug-likeness (QED) is 0.353. The van der Waals surface area contributed by atoms with Crippen molar-refractivity contribution in [1.82, 2.24) is 19.3 Å². The minimum atomic E-state index is -5.08. The van der Waals surface area contributed by atoms with Gasteiger partial charge in [-0.3, -0.25) is 4.79 Å². The van der Waals surface area contributed by atoms with Crippen molar-refractivity contribution in [3.05, 3.63) is 71.6 Å². The molecule has 4 heterocycles. The van der Waals surface area contributed by atoms with Crippen molar-refractivity contribution in [2.75, 3.05) is 13.1 Å². The average molecular weight is 557 g/mol. The number of rotatable bonds is 3. The molecule has 1 aliphatic heterocycles. The third-order valence-corrected chi connectivity index (χ3v) is 5.97. The van der Waals surface area contributed by atoms with Gasteiger partial charge < -0.3 is 19.1 Å². The molecule has 3 aromatic heterocycles. The number of carboxylic acid groups (broad SMARTS) is 1. The van der Waals surface area contributed by atoms with Crippen molar-refractivity contribution >= 4 is 40.0 Å². The molecule has 5 rings (SSSR count). The number of amides is 1. The van der Waals surface area contributed by atoms with Crippen molar-refractivity contribution in [1.29, 1.82) is 0 Å². The van der Waals surface area contributed by atoms with E-state index in [2.05, 4.69) is 9.97 Å². The van der Waals surface area contributed by atoms with Crippen LogP contribution in [0.4, 0.5) is 22.0 Å². The highest BCUT2D eigenvalue weighted by molar-refractivity contribution is 6.35. The number of hydrogen-bond donors (Lipinski definition) is 1. The normalized spacial score (nSPS) is 17.1. The largest absolute Gasteiger partial charge is 0.490 e. The fraction of sp³-hybridized carbons (Fsp3) is 0.250. The Balaban J connectivity index is 0.000000426. The minimum absolute atomic E-state index is 0.0370. The van der Waals surface area contributed by atoms with Crippen molar-refractivity contribution in [3.63, 3.8) is 0 Å². The third-order valence-electron chi connectivity index (χ3n) is 5.66. The molecule has 200 valence electrons. The lowest BCUT2D eigenvalue weighted by atomic mass is 10.0. The molecule has 1 N–H and O–H groups in total. The first kappa shape index (κ1) is 27.0. The first-order chi connectivity index (χ1) is 17.9. The lowest BCUT2D eigenvalue weighted by molar-refractivity contribution is -0.192. The number of imidazole rings is 1. The molecule has 0 aliphatic carbocycles. The van der Waals surface area contributed by atoms with Gasteiger partial charge >= 0.3 is 12.1 Å². The number of ether oxygens (including phenoxy) is 1. The van der Waals surface area contributed by atoms with Gasteiger partial charge in [0.15, 0.2) is 6.10 Å². The molecule has 1 fully saturated rings. The second-order valence-corrected chi connectivity index (χ2v) is 8.62. The predicted octanol–water partition coefficient (Wildman–Crippen LogP) is 5.10. The number of aromatic nitrogens is 3. The zero-order chi connectivity index (χ0) is 27.7. The van der Waals surface area contributed by atoms with Gasteiger partial charge in [0.25, 0.3) is 11.8 Å². The topological polar surface area (TPSA) is 97.0 Å². The first-order valence-electron chi connectivity index (χ1n) is 11.0. The van der Waals surface area contributed by atoms with Crippen LogP contribution in [0, 0.1) is 0 Å². The number of nitrogens with zero attached hydrogens (tertiary/aromatic N) is 4. The lowest BCUT2D eigenvalue weighted by Crippen LogP contribution is -2.55. The second kappa shape index (κ2) is 10.4. The van der Waals surface area contributed by atoms with Gasteiger partial charge in [-0.05, 0) is 24.3 Å². The Morgan fingerprint density at radius 2 is 1.84 bits per heavy atom. The number of piperidine rings is 1. The summed E-state index contributed by atoms with van der Waals surface area (Å²) in [5, 5.41) is 8.31. The molecule has 1 aliphatic rings. The molecule has 1 amide bonds. The molecule has 1 saturated heterocycles. The number of likely N-dealkylation sites (tertiary alicyclic amines) is 1. The first-order valence-corrected chi connectivity index (χ1v) is 11.4. The summed E-state index contributed by atoms with van der Waals surface area (Å²) in [4.78, 5) is 31.8. The smallest absolute Gasteiger partial charge is 0.475 e. The Morgan fingerprint density at radius 1 is 1.11 bits per heavy atom. The van der Waals surface area contributed by atoms with Crippen molar-refractivity contribution in [3.8, 4) is 5.88 Å². The highest BCUT2D eigenvalue weighted by Gasteiger charge is 2.47. The summed E-state index contributed by atoms with van der Waals surface area (Å²) in [6.07, 6.45) is -2.05. The van der Waals surface area contributed by atoms with Crippen LogP contribution in [0.25, 0.3) is 16.6 Å². The maximum absolute atomic E-state index is 14.7. The van der Waals surface area contributed by atoms with E-state index >= 15 is 0 Å². The molecule has 1 atom stereocenters. The molecule has 0 spiro atoms. The van der Waals surface area contributed by atoms with Crippen LogP contribution in [0.3, 0.4) is 0 Å². The van der Waals surface area contributed by atoms with Gasteiger partial charge in [0, 0.05) is 43.0 Å². The molecule has 0 bridgehead atoms. The molecular formula is C24H18ClF5N4O4. The summed E-state index contributed by atoms with van der Waals surface area (Å²) in [5.41, 5.74) is 1.31. The molecule has 0 radical (unpaired) electrons. The Morgan fingerprint density at radius 3 is 2.55 bits per heavy atom. The fourth-order valence-corrected chi connectivity index (χ4v) is 3.99. The number of aliphatic carboxylic acids is 1. The van der Waals surface area contributed by atoms with E-state index in [0.717, 1.165) is 5.39 Å². The fourth-order valence-electron chi connectivity index (χ4n) is 3.77. The van der Waals surface area contributed by atoms with Crippen LogP contribution >= 0.6 is 11.6 Å². The maximum Gasteiger partial charge on any atom is 0.490 e. The second-order valence-electron chi connectivity index (χ2n) is 8.21. The van der Waals surface area contributed by atoms with E-state index in [4.69, 9.17) is 26.2 Å². The molecular weight excluding hydrogens is 539 g/mol. The molecule has 0 unspecified atom stereocenters. The maximum atomic E-state index is 14.7. The lowest BCUT2D eigenvalue weighted by Gasteiger charge is -2.38. The summed E-state index contributed by atoms with van der Waals surface area (Å²) >= 11 is 6.17. The van der Waals surface area contributed by atoms with E-state index in [0.29, 0.717) is 21.7 Å². The highest BCUT2D eigenvalue weighted by atomic mass is 35.5. The van der Waals surface area contributed by atoms with E-state index in [9.17, 15) is 26.7 Å². The Labute approximate surface area is 216 Å². The summed E-state index contributed by atoms with van der Waals surface area (Å²) in [6, 6.07) is 11.9. The number of carbonyl (C=O) groups is 2. The van der Waals surface area contributed by atoms with Crippen molar-refractivity contribution < 1.29 is 41.4 Å². The summed E-state index contributed by atoms with van der Waals surface area (Å²) in [6.45, 7) is -0.347. The molecule has 0 saturated carbocycles. The van der Waals surface area contributed by atoms with Crippen LogP contribution < -0.4 is 4.74 Å². The third kappa shape index (κ3) is 5.77. The molecule has 1 aromatic carbocycles. The van der Waals surface area contributed by atoms with Crippen LogP contribution in [0.15, 0.2) is 61.1 Å². The number of alkyl halides is 5. The molecule has 14 heteroatoms. The van der Waals surface area contributed by atoms with E-state index in [1.54, 1.807) is 53.3 Å². The SMILES string of the molecule is O=C(O)C(F)(F)F.O=C(c1cccn2ccnc12)N1CCC(F)(F)[C@@H](Oc2ccc3cccc(Cl)c3n2)C1. The number of carbonyl (C=O) groups excluding carboxylic acids is 1. The van der Waals surface area contributed by atoms with E-state index in [-0.39, 0.29) is 24.9 Å². The number of halogens is 6. The van der Waals surface area contributed by atoms with Gasteiger partial charge in [0.05, 0.1) is 22.6 Å². The monoisotopic (exact) mass is 556 g/mol. The number of hydrogen-bond acceptors (Lipinski definition) is 5. The number of fused-ring (bicyclic) bond motifs is 2. The number of carboxylic acids is 1. The number of pyridine rings is 2. The molecule has 8 nitrogen and oxygen atoms in total. The van der Waals surface area contributed by atoms with Crippen molar-refractivity contribution in [2.45, 2.75) is 24.6 Å². The average Bonchev–Trinajstić information content (AvgIpc) is 3.34. The van der Waals surface area contributed by atoms with Crippen molar-refractivity contribution in [2.24, 2.45) is 0 Å². The number of para-hydroxylation sites is 1. The highest BCUT2D eigenvalue weighted by Crippen LogP contribution is 2.33. The Hall–Kier alpha value is -4.00. The van der Waals surface area contributed by atoms with Gasteiger partial charge in [-0.1, -0.05) is 23.7 Å². The van der Waals surface area contributed by atoms with E-state index in [1.165, 1.54) is 11.0 Å². The Kier molecular flexibility index (Phi) is 7.40. The summed E-state index contributed by atoms with van der Waals surface area (Å²) < 4.78 is 68.3. The van der Waals surface area contributed by atoms with Gasteiger partial charge in [0.2, 0.25) is 5.88 Å². The van der Waals surface area contributed by atoms with Crippen LogP contribution in [-0.2, 0) is 4.79 Å².